The van der Waals surface area contributed by atoms with Gasteiger partial charge >= 0.3 is 0 Å². The number of nitrogens with zero attached hydrogens (tertiary/aromatic N) is 2. The molecule has 0 bridgehead atoms. The third kappa shape index (κ3) is 4.62. The zero-order chi connectivity index (χ0) is 16.8. The van der Waals surface area contributed by atoms with E-state index in [1.54, 1.807) is 44.2 Å². The summed E-state index contributed by atoms with van der Waals surface area (Å²) in [6.45, 7) is 3.94. The molecule has 0 amide bonds. The maximum atomic E-state index is 12.6. The van der Waals surface area contributed by atoms with Gasteiger partial charge in [-0.2, -0.15) is 0 Å². The lowest BCUT2D eigenvalue weighted by atomic mass is 10.1. The molecule has 0 spiro atoms. The second kappa shape index (κ2) is 8.56. The Labute approximate surface area is 148 Å². The first-order chi connectivity index (χ1) is 11.1. The molecule has 1 aromatic heterocycles. The van der Waals surface area contributed by atoms with Crippen LogP contribution >= 0.6 is 34.9 Å². The molecule has 0 aliphatic carbocycles. The molecule has 0 saturated carbocycles. The SMILES string of the molecule is CCSc1nnc(S[C@H](C)C(=O)c2ccc(OC)c(OC)c2)s1. The van der Waals surface area contributed by atoms with Crippen LogP contribution < -0.4 is 9.47 Å². The van der Waals surface area contributed by atoms with Crippen molar-refractivity contribution in [2.75, 3.05) is 20.0 Å². The fourth-order valence-corrected chi connectivity index (χ4v) is 4.99. The summed E-state index contributed by atoms with van der Waals surface area (Å²) in [5.74, 6) is 2.14. The van der Waals surface area contributed by atoms with Crippen molar-refractivity contribution >= 4 is 40.6 Å². The van der Waals surface area contributed by atoms with E-state index in [1.165, 1.54) is 23.1 Å². The van der Waals surface area contributed by atoms with Crippen LogP contribution in [0.1, 0.15) is 24.2 Å². The second-order valence-corrected chi connectivity index (χ2v) is 8.54. The van der Waals surface area contributed by atoms with E-state index in [0.29, 0.717) is 17.1 Å². The summed E-state index contributed by atoms with van der Waals surface area (Å²) in [6.07, 6.45) is 0. The normalized spacial score (nSPS) is 12.0. The highest BCUT2D eigenvalue weighted by Gasteiger charge is 2.20. The maximum absolute atomic E-state index is 12.6. The number of methoxy groups -OCH3 is 2. The molecule has 5 nitrogen and oxygen atoms in total. The summed E-state index contributed by atoms with van der Waals surface area (Å²) < 4.78 is 12.2. The van der Waals surface area contributed by atoms with Crippen molar-refractivity contribution in [2.24, 2.45) is 0 Å². The number of hydrogen-bond donors (Lipinski definition) is 0. The molecule has 2 rings (SSSR count). The minimum Gasteiger partial charge on any atom is -0.493 e. The largest absolute Gasteiger partial charge is 0.493 e. The van der Waals surface area contributed by atoms with E-state index in [4.69, 9.17) is 9.47 Å². The van der Waals surface area contributed by atoms with E-state index in [1.807, 2.05) is 6.92 Å². The molecule has 0 N–H and O–H groups in total. The predicted molar refractivity (Wildman–Crippen MR) is 95.5 cm³/mol. The van der Waals surface area contributed by atoms with Crippen LogP contribution in [0.25, 0.3) is 0 Å². The van der Waals surface area contributed by atoms with E-state index < -0.39 is 0 Å². The smallest absolute Gasteiger partial charge is 0.176 e. The summed E-state index contributed by atoms with van der Waals surface area (Å²) in [7, 11) is 3.12. The van der Waals surface area contributed by atoms with Gasteiger partial charge in [-0.05, 0) is 30.9 Å². The monoisotopic (exact) mass is 370 g/mol. The standard InChI is InChI=1S/C15H18N2O3S3/c1-5-21-14-16-17-15(23-14)22-9(2)13(18)10-6-7-11(19-3)12(8-10)20-4/h6-9H,5H2,1-4H3/t9-/m1/s1. The Bertz CT molecular complexity index is 676. The Morgan fingerprint density at radius 3 is 2.57 bits per heavy atom. The van der Waals surface area contributed by atoms with Gasteiger partial charge in [0, 0.05) is 5.56 Å². The lowest BCUT2D eigenvalue weighted by Gasteiger charge is -2.11. The highest BCUT2D eigenvalue weighted by molar-refractivity contribution is 8.03. The number of thioether (sulfide) groups is 2. The molecule has 0 aliphatic heterocycles. The van der Waals surface area contributed by atoms with E-state index in [-0.39, 0.29) is 11.0 Å². The fourth-order valence-electron chi connectivity index (χ4n) is 1.86. The molecular formula is C15H18N2O3S3. The van der Waals surface area contributed by atoms with Crippen molar-refractivity contribution in [3.05, 3.63) is 23.8 Å². The van der Waals surface area contributed by atoms with Gasteiger partial charge in [-0.25, -0.2) is 0 Å². The van der Waals surface area contributed by atoms with Crippen LogP contribution in [0.3, 0.4) is 0 Å². The Morgan fingerprint density at radius 1 is 1.22 bits per heavy atom. The highest BCUT2D eigenvalue weighted by Crippen LogP contribution is 2.33. The molecular weight excluding hydrogens is 352 g/mol. The number of Topliss-reactive ketones (excluding diaryl/α,β-unsaturated/α-hetero) is 1. The molecule has 2 aromatic rings. The predicted octanol–water partition coefficient (Wildman–Crippen LogP) is 4.03. The van der Waals surface area contributed by atoms with Crippen molar-refractivity contribution in [2.45, 2.75) is 27.8 Å². The Kier molecular flexibility index (Phi) is 6.73. The highest BCUT2D eigenvalue weighted by atomic mass is 32.2. The second-order valence-electron chi connectivity index (χ2n) is 4.46. The minimum atomic E-state index is -0.250. The van der Waals surface area contributed by atoms with E-state index in [2.05, 4.69) is 17.1 Å². The van der Waals surface area contributed by atoms with Crippen molar-refractivity contribution < 1.29 is 14.3 Å². The van der Waals surface area contributed by atoms with Gasteiger partial charge in [0.1, 0.15) is 0 Å². The first kappa shape index (κ1) is 18.1. The van der Waals surface area contributed by atoms with Gasteiger partial charge in [-0.1, -0.05) is 41.8 Å². The van der Waals surface area contributed by atoms with Crippen LogP contribution in [-0.2, 0) is 0 Å². The van der Waals surface area contributed by atoms with Crippen LogP contribution in [-0.4, -0.2) is 41.2 Å². The van der Waals surface area contributed by atoms with Gasteiger partial charge in [0.05, 0.1) is 19.5 Å². The molecule has 23 heavy (non-hydrogen) atoms. The average Bonchev–Trinajstić information content (AvgIpc) is 3.00. The first-order valence-electron chi connectivity index (χ1n) is 6.98. The van der Waals surface area contributed by atoms with Crippen LogP contribution in [0, 0.1) is 0 Å². The number of carbonyl (C=O) groups is 1. The zero-order valence-electron chi connectivity index (χ0n) is 13.4. The van der Waals surface area contributed by atoms with Gasteiger partial charge in [0.25, 0.3) is 0 Å². The fraction of sp³-hybridized carbons (Fsp3) is 0.400. The van der Waals surface area contributed by atoms with E-state index >= 15 is 0 Å². The summed E-state index contributed by atoms with van der Waals surface area (Å²) in [5.41, 5.74) is 0.593. The molecule has 0 unspecified atom stereocenters. The third-order valence-corrected chi connectivity index (χ3v) is 6.09. The molecule has 1 atom stereocenters. The number of hydrogen-bond acceptors (Lipinski definition) is 8. The summed E-state index contributed by atoms with van der Waals surface area (Å²) in [4.78, 5) is 12.6. The number of ether oxygens (including phenoxy) is 2. The first-order valence-corrected chi connectivity index (χ1v) is 9.66. The van der Waals surface area contributed by atoms with E-state index in [0.717, 1.165) is 14.4 Å². The molecule has 0 aliphatic rings. The molecule has 0 fully saturated rings. The number of ketones is 1. The van der Waals surface area contributed by atoms with Crippen LogP contribution in [0.5, 0.6) is 11.5 Å². The molecule has 0 saturated heterocycles. The summed E-state index contributed by atoms with van der Waals surface area (Å²) in [6, 6.07) is 5.19. The molecule has 8 heteroatoms. The number of rotatable bonds is 8. The lowest BCUT2D eigenvalue weighted by molar-refractivity contribution is 0.0993. The molecule has 1 heterocycles. The number of carbonyl (C=O) groups excluding carboxylic acids is 1. The van der Waals surface area contributed by atoms with Crippen molar-refractivity contribution in [1.29, 1.82) is 0 Å². The lowest BCUT2D eigenvalue weighted by Crippen LogP contribution is -2.13. The summed E-state index contributed by atoms with van der Waals surface area (Å²) >= 11 is 4.60. The Hall–Kier alpha value is -1.25. The molecule has 0 radical (unpaired) electrons. The maximum Gasteiger partial charge on any atom is 0.176 e. The van der Waals surface area contributed by atoms with Crippen molar-refractivity contribution in [3.63, 3.8) is 0 Å². The van der Waals surface area contributed by atoms with Gasteiger partial charge in [-0.3, -0.25) is 4.79 Å². The van der Waals surface area contributed by atoms with Gasteiger partial charge in [-0.15, -0.1) is 10.2 Å². The number of benzene rings is 1. The van der Waals surface area contributed by atoms with Crippen LogP contribution in [0.2, 0.25) is 0 Å². The number of aromatic nitrogens is 2. The Morgan fingerprint density at radius 2 is 1.91 bits per heavy atom. The topological polar surface area (TPSA) is 61.3 Å². The minimum absolute atomic E-state index is 0.0239. The Balaban J connectivity index is 2.09. The quantitative estimate of drug-likeness (QED) is 0.513. The zero-order valence-corrected chi connectivity index (χ0v) is 15.8. The van der Waals surface area contributed by atoms with Crippen LogP contribution in [0.15, 0.2) is 26.9 Å². The molecule has 124 valence electrons. The third-order valence-electron chi connectivity index (χ3n) is 2.97. The summed E-state index contributed by atoms with van der Waals surface area (Å²) in [5, 5.41) is 7.98. The van der Waals surface area contributed by atoms with Crippen LogP contribution in [0.4, 0.5) is 0 Å². The van der Waals surface area contributed by atoms with E-state index in [9.17, 15) is 4.79 Å². The average molecular weight is 371 g/mol. The van der Waals surface area contributed by atoms with Gasteiger partial charge in [0.15, 0.2) is 26.0 Å². The van der Waals surface area contributed by atoms with Crippen molar-refractivity contribution in [1.82, 2.24) is 10.2 Å². The van der Waals surface area contributed by atoms with Gasteiger partial charge in [0.2, 0.25) is 0 Å². The molecule has 1 aromatic carbocycles. The van der Waals surface area contributed by atoms with Gasteiger partial charge < -0.3 is 9.47 Å². The van der Waals surface area contributed by atoms with Crippen molar-refractivity contribution in [3.8, 4) is 11.5 Å².